The second-order valence-electron chi connectivity index (χ2n) is 6.64. The average Bonchev–Trinajstić information content (AvgIpc) is 3.01. The molecule has 3 N–H and O–H groups in total. The number of hydrogen-bond acceptors (Lipinski definition) is 3. The minimum atomic E-state index is 0. The Balaban J connectivity index is -0.000000186. The van der Waals surface area contributed by atoms with Crippen molar-refractivity contribution in [3.05, 3.63) is 23.5 Å². The molecule has 0 radical (unpaired) electrons. The van der Waals surface area contributed by atoms with Crippen LogP contribution in [0, 0.1) is 0 Å². The van der Waals surface area contributed by atoms with Crippen molar-refractivity contribution < 1.29 is 41.5 Å². The van der Waals surface area contributed by atoms with Gasteiger partial charge in [-0.05, 0) is 44.4 Å². The number of hydrogen-bond donors (Lipinski definition) is 3. The third-order valence-electron chi connectivity index (χ3n) is 3.79. The third-order valence-corrected chi connectivity index (χ3v) is 3.79. The molecule has 0 aliphatic carbocycles. The van der Waals surface area contributed by atoms with Crippen LogP contribution in [0.2, 0.25) is 0 Å². The zero-order chi connectivity index (χ0) is 19.8. The number of aromatic nitrogens is 1. The van der Waals surface area contributed by atoms with Crippen LogP contribution in [0.25, 0.3) is 0 Å². The summed E-state index contributed by atoms with van der Waals surface area (Å²) in [5, 5.41) is 22.7. The number of aliphatic hydroxyl groups is 3. The minimum Gasteiger partial charge on any atom is -0.664 e. The fourth-order valence-electron chi connectivity index (χ4n) is 1.48. The van der Waals surface area contributed by atoms with Crippen molar-refractivity contribution in [2.24, 2.45) is 0 Å². The molecule has 0 unspecified atom stereocenters. The molecular weight excluding hydrogens is 393 g/mol. The minimum absolute atomic E-state index is 0. The van der Waals surface area contributed by atoms with Gasteiger partial charge in [-0.1, -0.05) is 53.7 Å². The molecule has 1 heterocycles. The molecular formula is C20H42NO3Zr-. The van der Waals surface area contributed by atoms with Gasteiger partial charge in [-0.2, -0.15) is 11.4 Å². The number of aliphatic hydroxyl groups excluding tert-OH is 3. The van der Waals surface area contributed by atoms with Gasteiger partial charge in [-0.3, -0.25) is 0 Å². The van der Waals surface area contributed by atoms with Gasteiger partial charge in [0.15, 0.2) is 0 Å². The van der Waals surface area contributed by atoms with E-state index in [2.05, 4.69) is 53.7 Å². The summed E-state index contributed by atoms with van der Waals surface area (Å²) in [5.41, 5.74) is 2.90. The average molecular weight is 436 g/mol. The topological polar surface area (TPSA) is 74.8 Å². The first-order chi connectivity index (χ1) is 11.1. The van der Waals surface area contributed by atoms with E-state index < -0.39 is 0 Å². The Morgan fingerprint density at radius 2 is 0.880 bits per heavy atom. The van der Waals surface area contributed by atoms with Crippen LogP contribution in [-0.2, 0) is 37.0 Å². The van der Waals surface area contributed by atoms with Gasteiger partial charge in [0, 0.05) is 46.0 Å². The molecule has 1 aromatic rings. The Labute approximate surface area is 175 Å². The Bertz CT molecular complexity index is 342. The summed E-state index contributed by atoms with van der Waals surface area (Å²) in [6.45, 7) is 19.3. The van der Waals surface area contributed by atoms with Gasteiger partial charge >= 0.3 is 0 Å². The van der Waals surface area contributed by atoms with Crippen LogP contribution < -0.4 is 4.98 Å². The maximum Gasteiger partial charge on any atom is 0.0402 e. The smallest absolute Gasteiger partial charge is 0.0402 e. The maximum atomic E-state index is 7.57. The standard InChI is InChI=1S/C14H24N.3C2H6O.Zr/c1-7-13(3,4)11-9-10-12(15-11)14(5,6)8-2;3*1-2-3;/h9-10H,7-8H2,1-6H3;3*3H,2H2,1H3;/q-1;;;;. The quantitative estimate of drug-likeness (QED) is 0.668. The molecule has 0 amide bonds. The van der Waals surface area contributed by atoms with E-state index >= 15 is 0 Å². The Kier molecular flexibility index (Phi) is 24.6. The van der Waals surface area contributed by atoms with Gasteiger partial charge in [0.1, 0.15) is 0 Å². The van der Waals surface area contributed by atoms with Crippen molar-refractivity contribution in [2.45, 2.75) is 86.0 Å². The van der Waals surface area contributed by atoms with Crippen LogP contribution in [0.1, 0.15) is 86.5 Å². The first kappa shape index (κ1) is 32.7. The predicted octanol–water partition coefficient (Wildman–Crippen LogP) is 4.01. The van der Waals surface area contributed by atoms with Gasteiger partial charge in [0.05, 0.1) is 0 Å². The molecule has 25 heavy (non-hydrogen) atoms. The van der Waals surface area contributed by atoms with Crippen LogP contribution in [0.3, 0.4) is 0 Å². The summed E-state index contributed by atoms with van der Waals surface area (Å²) in [6, 6.07) is 4.38. The zero-order valence-electron chi connectivity index (χ0n) is 18.0. The van der Waals surface area contributed by atoms with Crippen molar-refractivity contribution in [2.75, 3.05) is 19.8 Å². The predicted molar refractivity (Wildman–Crippen MR) is 105 cm³/mol. The largest absolute Gasteiger partial charge is 0.664 e. The molecule has 1 rings (SSSR count). The summed E-state index contributed by atoms with van der Waals surface area (Å²) < 4.78 is 0. The second kappa shape index (κ2) is 18.8. The van der Waals surface area contributed by atoms with Gasteiger partial charge in [-0.25, -0.2) is 0 Å². The van der Waals surface area contributed by atoms with E-state index in [1.807, 2.05) is 0 Å². The summed E-state index contributed by atoms with van der Waals surface area (Å²) in [4.78, 5) is 4.80. The molecule has 0 saturated carbocycles. The zero-order valence-corrected chi connectivity index (χ0v) is 20.4. The van der Waals surface area contributed by atoms with E-state index in [1.165, 1.54) is 11.4 Å². The molecule has 0 aliphatic heterocycles. The van der Waals surface area contributed by atoms with E-state index in [4.69, 9.17) is 20.3 Å². The van der Waals surface area contributed by atoms with Gasteiger partial charge in [0.2, 0.25) is 0 Å². The van der Waals surface area contributed by atoms with E-state index in [0.29, 0.717) is 0 Å². The van der Waals surface area contributed by atoms with Crippen molar-refractivity contribution in [3.63, 3.8) is 0 Å². The first-order valence-electron chi connectivity index (χ1n) is 9.05. The fraction of sp³-hybridized carbons (Fsp3) is 0.800. The van der Waals surface area contributed by atoms with E-state index in [-0.39, 0.29) is 56.9 Å². The molecule has 4 nitrogen and oxygen atoms in total. The molecule has 0 atom stereocenters. The number of rotatable bonds is 4. The van der Waals surface area contributed by atoms with Crippen LogP contribution in [-0.4, -0.2) is 35.1 Å². The molecule has 5 heteroatoms. The van der Waals surface area contributed by atoms with E-state index in [0.717, 1.165) is 12.8 Å². The van der Waals surface area contributed by atoms with Gasteiger partial charge in [0.25, 0.3) is 0 Å². The number of nitrogens with zero attached hydrogens (tertiary/aromatic N) is 1. The molecule has 0 aliphatic rings. The SMILES string of the molecule is CCC(C)(C)c1ccc(C(C)(C)CC)[n-]1.CCO.CCO.CCO.[Zr]. The summed E-state index contributed by atoms with van der Waals surface area (Å²) >= 11 is 0. The molecule has 0 fully saturated rings. The molecule has 1 aromatic heterocycles. The third kappa shape index (κ3) is 16.0. The summed E-state index contributed by atoms with van der Waals surface area (Å²) in [7, 11) is 0. The van der Waals surface area contributed by atoms with Gasteiger partial charge in [-0.15, -0.1) is 0 Å². The summed E-state index contributed by atoms with van der Waals surface area (Å²) in [5.74, 6) is 0. The molecule has 0 saturated heterocycles. The van der Waals surface area contributed by atoms with Crippen LogP contribution in [0.5, 0.6) is 0 Å². The second-order valence-corrected chi connectivity index (χ2v) is 6.64. The molecule has 0 bridgehead atoms. The van der Waals surface area contributed by atoms with Crippen molar-refractivity contribution in [1.29, 1.82) is 0 Å². The van der Waals surface area contributed by atoms with Crippen molar-refractivity contribution in [1.82, 2.24) is 4.98 Å². The Morgan fingerprint density at radius 1 is 0.680 bits per heavy atom. The normalized spacial score (nSPS) is 10.1. The van der Waals surface area contributed by atoms with Crippen molar-refractivity contribution >= 4 is 0 Å². The van der Waals surface area contributed by atoms with E-state index in [9.17, 15) is 0 Å². The van der Waals surface area contributed by atoms with Gasteiger partial charge < -0.3 is 20.3 Å². The van der Waals surface area contributed by atoms with Crippen molar-refractivity contribution in [3.8, 4) is 0 Å². The Morgan fingerprint density at radius 3 is 1.04 bits per heavy atom. The Hall–Kier alpha value is 0.0431. The molecule has 150 valence electrons. The summed E-state index contributed by atoms with van der Waals surface area (Å²) in [6.07, 6.45) is 2.27. The molecule has 0 aromatic carbocycles. The van der Waals surface area contributed by atoms with Crippen LogP contribution in [0.4, 0.5) is 0 Å². The first-order valence-corrected chi connectivity index (χ1v) is 9.05. The van der Waals surface area contributed by atoms with Crippen LogP contribution in [0.15, 0.2) is 12.1 Å². The van der Waals surface area contributed by atoms with Crippen LogP contribution >= 0.6 is 0 Å². The maximum absolute atomic E-state index is 7.57. The van der Waals surface area contributed by atoms with E-state index in [1.54, 1.807) is 20.8 Å². The fourth-order valence-corrected chi connectivity index (χ4v) is 1.48. The monoisotopic (exact) mass is 434 g/mol. The molecule has 0 spiro atoms.